The molecule has 0 aliphatic heterocycles. The Balaban J connectivity index is 1.74. The lowest BCUT2D eigenvalue weighted by atomic mass is 10.0. The molecule has 0 saturated carbocycles. The fraction of sp³-hybridized carbons (Fsp3) is 0.290. The Morgan fingerprint density at radius 1 is 0.956 bits per heavy atom. The molecule has 4 rings (SSSR count). The Bertz CT molecular complexity index is 1800. The normalized spacial score (nSPS) is 12.0. The van der Waals surface area contributed by atoms with Gasteiger partial charge in [0.1, 0.15) is 18.3 Å². The van der Waals surface area contributed by atoms with Crippen molar-refractivity contribution in [3.63, 3.8) is 0 Å². The number of H-pyrrole nitrogens is 1. The highest BCUT2D eigenvalue weighted by Gasteiger charge is 2.34. The number of amides is 1. The third-order valence-corrected chi connectivity index (χ3v) is 8.77. The molecule has 2 aromatic carbocycles. The maximum atomic E-state index is 14.3. The largest absolute Gasteiger partial charge is 0.493 e. The van der Waals surface area contributed by atoms with E-state index in [4.69, 9.17) is 14.2 Å². The van der Waals surface area contributed by atoms with Crippen molar-refractivity contribution < 1.29 is 37.0 Å². The molecule has 1 amide bonds. The first-order valence-electron chi connectivity index (χ1n) is 14.1. The molecule has 2 aromatic heterocycles. The van der Waals surface area contributed by atoms with Crippen LogP contribution < -0.4 is 15.0 Å². The lowest BCUT2D eigenvalue weighted by Gasteiger charge is -2.28. The number of thiophene rings is 1. The number of rotatable bonds is 15. The number of carbonyl (C=O) groups is 3. The van der Waals surface area contributed by atoms with Gasteiger partial charge >= 0.3 is 11.9 Å². The highest BCUT2D eigenvalue weighted by molar-refractivity contribution is 7.89. The number of sulfonamides is 1. The van der Waals surface area contributed by atoms with E-state index < -0.39 is 40.5 Å². The topological polar surface area (TPSA) is 161 Å². The summed E-state index contributed by atoms with van der Waals surface area (Å²) in [7, 11) is -4.38. The second-order valence-corrected chi connectivity index (χ2v) is 12.4. The van der Waals surface area contributed by atoms with Gasteiger partial charge in [-0.05, 0) is 61.0 Å². The average molecular weight is 656 g/mol. The number of hydrogen-bond donors (Lipinski definition) is 2. The molecule has 1 atom stereocenters. The number of esters is 2. The van der Waals surface area contributed by atoms with E-state index in [0.29, 0.717) is 10.9 Å². The van der Waals surface area contributed by atoms with Gasteiger partial charge in [0.05, 0.1) is 37.7 Å². The summed E-state index contributed by atoms with van der Waals surface area (Å²) >= 11 is 1.37. The molecule has 0 radical (unpaired) electrons. The summed E-state index contributed by atoms with van der Waals surface area (Å²) in [6, 6.07) is 15.3. The molecule has 2 heterocycles. The van der Waals surface area contributed by atoms with E-state index in [9.17, 15) is 27.6 Å². The molecule has 4 aromatic rings. The number of nitrogens with zero attached hydrogens (tertiary/aromatic N) is 1. The lowest BCUT2D eigenvalue weighted by molar-refractivity contribution is -0.149. The summed E-state index contributed by atoms with van der Waals surface area (Å²) in [5.41, 5.74) is 0.264. The molecule has 45 heavy (non-hydrogen) atoms. The van der Waals surface area contributed by atoms with Gasteiger partial charge in [-0.1, -0.05) is 24.3 Å². The van der Waals surface area contributed by atoms with Gasteiger partial charge in [0.15, 0.2) is 0 Å². The van der Waals surface area contributed by atoms with Crippen LogP contribution in [0.3, 0.4) is 0 Å². The molecule has 0 spiro atoms. The fourth-order valence-corrected chi connectivity index (χ4v) is 6.37. The van der Waals surface area contributed by atoms with Gasteiger partial charge in [-0.25, -0.2) is 8.42 Å². The van der Waals surface area contributed by atoms with Gasteiger partial charge in [-0.2, -0.15) is 4.72 Å². The van der Waals surface area contributed by atoms with Gasteiger partial charge in [0, 0.05) is 22.0 Å². The minimum absolute atomic E-state index is 0.0166. The van der Waals surface area contributed by atoms with Crippen molar-refractivity contribution in [1.82, 2.24) is 14.6 Å². The second kappa shape index (κ2) is 15.5. The van der Waals surface area contributed by atoms with E-state index in [-0.39, 0.29) is 54.6 Å². The van der Waals surface area contributed by atoms with E-state index >= 15 is 0 Å². The number of carbonyl (C=O) groups excluding carboxylic acids is 3. The van der Waals surface area contributed by atoms with Crippen molar-refractivity contribution in [3.8, 4) is 5.75 Å². The van der Waals surface area contributed by atoms with Crippen molar-refractivity contribution in [2.24, 2.45) is 0 Å². The molecule has 0 bridgehead atoms. The van der Waals surface area contributed by atoms with E-state index in [1.54, 1.807) is 44.2 Å². The number of aromatic nitrogens is 1. The number of ether oxygens (including phenoxy) is 3. The number of nitrogens with one attached hydrogen (secondary N) is 2. The lowest BCUT2D eigenvalue weighted by Crippen LogP contribution is -2.44. The van der Waals surface area contributed by atoms with Gasteiger partial charge in [0.2, 0.25) is 21.5 Å². The van der Waals surface area contributed by atoms with Crippen LogP contribution in [0.2, 0.25) is 0 Å². The predicted molar refractivity (Wildman–Crippen MR) is 167 cm³/mol. The maximum Gasteiger partial charge on any atom is 0.325 e. The molecular weight excluding hydrogens is 622 g/mol. The number of hydrogen-bond acceptors (Lipinski definition) is 10. The second-order valence-electron chi connectivity index (χ2n) is 9.65. The Morgan fingerprint density at radius 3 is 2.44 bits per heavy atom. The minimum atomic E-state index is -4.38. The van der Waals surface area contributed by atoms with Crippen LogP contribution in [0.25, 0.3) is 10.9 Å². The van der Waals surface area contributed by atoms with Crippen molar-refractivity contribution in [2.75, 3.05) is 26.4 Å². The Kier molecular flexibility index (Phi) is 11.5. The Morgan fingerprint density at radius 2 is 1.71 bits per heavy atom. The van der Waals surface area contributed by atoms with Gasteiger partial charge in [-0.15, -0.1) is 11.3 Å². The highest BCUT2D eigenvalue weighted by atomic mass is 32.2. The smallest absolute Gasteiger partial charge is 0.325 e. The van der Waals surface area contributed by atoms with Gasteiger partial charge < -0.3 is 24.1 Å². The SMILES string of the molecule is CCOC(=O)CCOc1ccccc1[C@@H](NS(=O)(=O)c1ccc2[nH]c(=O)ccc2c1)C(=O)N(CC(=O)OCC)Cc1cccs1. The maximum absolute atomic E-state index is 14.3. The van der Waals surface area contributed by atoms with Crippen LogP contribution >= 0.6 is 11.3 Å². The number of pyridine rings is 1. The van der Waals surface area contributed by atoms with E-state index in [1.165, 1.54) is 52.6 Å². The third kappa shape index (κ3) is 9.00. The van der Waals surface area contributed by atoms with Crippen LogP contribution in [0.1, 0.15) is 36.8 Å². The quantitative estimate of drug-likeness (QED) is 0.183. The molecule has 14 heteroatoms. The van der Waals surface area contributed by atoms with Gasteiger partial charge in [0.25, 0.3) is 0 Å². The van der Waals surface area contributed by atoms with Crippen LogP contribution in [0.5, 0.6) is 5.75 Å². The summed E-state index contributed by atoms with van der Waals surface area (Å²) in [5, 5.41) is 2.28. The summed E-state index contributed by atoms with van der Waals surface area (Å²) in [4.78, 5) is 55.0. The molecule has 0 aliphatic rings. The number of fused-ring (bicyclic) bond motifs is 1. The monoisotopic (exact) mass is 655 g/mol. The summed E-state index contributed by atoms with van der Waals surface area (Å²) in [6.07, 6.45) is -0.0704. The van der Waals surface area contributed by atoms with E-state index in [1.807, 2.05) is 5.38 Å². The van der Waals surface area contributed by atoms with Crippen LogP contribution in [-0.2, 0) is 40.4 Å². The highest BCUT2D eigenvalue weighted by Crippen LogP contribution is 2.30. The van der Waals surface area contributed by atoms with Crippen LogP contribution in [0.15, 0.2) is 81.8 Å². The summed E-state index contributed by atoms with van der Waals surface area (Å²) in [5.74, 6) is -1.71. The van der Waals surface area contributed by atoms with Crippen LogP contribution in [0, 0.1) is 0 Å². The zero-order chi connectivity index (χ0) is 32.4. The van der Waals surface area contributed by atoms with Crippen molar-refractivity contribution in [1.29, 1.82) is 0 Å². The molecule has 238 valence electrons. The first-order chi connectivity index (χ1) is 21.6. The van der Waals surface area contributed by atoms with Gasteiger partial charge in [-0.3, -0.25) is 19.2 Å². The molecule has 0 aliphatic carbocycles. The first kappa shape index (κ1) is 33.4. The predicted octanol–water partition coefficient (Wildman–Crippen LogP) is 3.53. The number of benzene rings is 2. The average Bonchev–Trinajstić information content (AvgIpc) is 3.53. The summed E-state index contributed by atoms with van der Waals surface area (Å²) < 4.78 is 46.1. The molecule has 0 unspecified atom stereocenters. The molecule has 0 saturated heterocycles. The molecule has 0 fully saturated rings. The van der Waals surface area contributed by atoms with Crippen LogP contribution in [0.4, 0.5) is 0 Å². The molecule has 2 N–H and O–H groups in total. The van der Waals surface area contributed by atoms with E-state index in [2.05, 4.69) is 9.71 Å². The molecular formula is C31H33N3O9S2. The van der Waals surface area contributed by atoms with Crippen molar-refractivity contribution >= 4 is 50.1 Å². The van der Waals surface area contributed by atoms with Crippen molar-refractivity contribution in [3.05, 3.63) is 92.9 Å². The number of aromatic amines is 1. The molecule has 12 nitrogen and oxygen atoms in total. The standard InChI is InChI=1S/C31H33N3O9S2/c1-3-41-28(36)15-16-43-26-10-6-5-9-24(26)30(31(38)34(20-29(37)42-4-2)19-22-8-7-17-44-22)33-45(39,40)23-12-13-25-21(18-23)11-14-27(35)32-25/h5-14,17-18,30,33H,3-4,15-16,19-20H2,1-2H3,(H,32,35)/t30-/m1/s1. The Labute approximate surface area is 264 Å². The minimum Gasteiger partial charge on any atom is -0.493 e. The van der Waals surface area contributed by atoms with Crippen LogP contribution in [-0.4, -0.2) is 62.5 Å². The summed E-state index contributed by atoms with van der Waals surface area (Å²) in [6.45, 7) is 3.13. The third-order valence-electron chi connectivity index (χ3n) is 6.49. The van der Waals surface area contributed by atoms with E-state index in [0.717, 1.165) is 4.88 Å². The zero-order valence-corrected chi connectivity index (χ0v) is 26.3. The first-order valence-corrected chi connectivity index (χ1v) is 16.5. The Hall–Kier alpha value is -4.53. The van der Waals surface area contributed by atoms with Crippen molar-refractivity contribution in [2.45, 2.75) is 37.8 Å². The zero-order valence-electron chi connectivity index (χ0n) is 24.7. The fourth-order valence-electron chi connectivity index (χ4n) is 4.45. The number of para-hydroxylation sites is 1.